The van der Waals surface area contributed by atoms with Gasteiger partial charge in [0, 0.05) is 12.6 Å². The first kappa shape index (κ1) is 16.0. The molecule has 0 radical (unpaired) electrons. The second kappa shape index (κ2) is 7.59. The van der Waals surface area contributed by atoms with E-state index in [-0.39, 0.29) is 11.9 Å². The molecule has 2 aromatic rings. The fraction of sp³-hybridized carbons (Fsp3) is 0.312. The van der Waals surface area contributed by atoms with Gasteiger partial charge in [0.05, 0.1) is 5.02 Å². The van der Waals surface area contributed by atoms with Gasteiger partial charge < -0.3 is 10.2 Å². The summed E-state index contributed by atoms with van der Waals surface area (Å²) in [7, 11) is 4.05. The van der Waals surface area contributed by atoms with Crippen molar-refractivity contribution < 1.29 is 4.79 Å². The molecule has 1 aromatic heterocycles. The number of amides is 1. The SMILES string of the molecule is CN(C)[C@@H](CNC(=O)c1sccc1Cl)Cc1ccccc1. The number of rotatable bonds is 6. The average Bonchev–Trinajstić information content (AvgIpc) is 2.90. The van der Waals surface area contributed by atoms with Gasteiger partial charge in [-0.2, -0.15) is 0 Å². The summed E-state index contributed by atoms with van der Waals surface area (Å²) in [5.41, 5.74) is 1.26. The molecule has 2 rings (SSSR count). The van der Waals surface area contributed by atoms with Crippen LogP contribution in [0, 0.1) is 0 Å². The Kier molecular flexibility index (Phi) is 5.79. The molecule has 1 atom stereocenters. The molecule has 1 N–H and O–H groups in total. The van der Waals surface area contributed by atoms with Gasteiger partial charge in [-0.3, -0.25) is 4.79 Å². The maximum Gasteiger partial charge on any atom is 0.262 e. The molecule has 1 heterocycles. The van der Waals surface area contributed by atoms with Gasteiger partial charge in [-0.25, -0.2) is 0 Å². The van der Waals surface area contributed by atoms with Crippen LogP contribution < -0.4 is 5.32 Å². The van der Waals surface area contributed by atoms with Crippen LogP contribution >= 0.6 is 22.9 Å². The molecule has 1 amide bonds. The van der Waals surface area contributed by atoms with Crippen LogP contribution in [0.15, 0.2) is 41.8 Å². The van der Waals surface area contributed by atoms with Crippen LogP contribution in [0.2, 0.25) is 5.02 Å². The molecule has 3 nitrogen and oxygen atoms in total. The zero-order chi connectivity index (χ0) is 15.2. The number of carbonyl (C=O) groups excluding carboxylic acids is 1. The number of halogens is 1. The number of likely N-dealkylation sites (N-methyl/N-ethyl adjacent to an activating group) is 1. The monoisotopic (exact) mass is 322 g/mol. The van der Waals surface area contributed by atoms with E-state index >= 15 is 0 Å². The van der Waals surface area contributed by atoms with Crippen molar-refractivity contribution in [2.45, 2.75) is 12.5 Å². The molecule has 0 unspecified atom stereocenters. The standard InChI is InChI=1S/C16H19ClN2OS/c1-19(2)13(10-12-6-4-3-5-7-12)11-18-16(20)15-14(17)8-9-21-15/h3-9,13H,10-11H2,1-2H3,(H,18,20)/t13-/m1/s1. The van der Waals surface area contributed by atoms with Crippen molar-refractivity contribution in [1.82, 2.24) is 10.2 Å². The maximum atomic E-state index is 12.1. The lowest BCUT2D eigenvalue weighted by Gasteiger charge is -2.24. The Hall–Kier alpha value is -1.36. The molecular formula is C16H19ClN2OS. The molecule has 0 spiro atoms. The van der Waals surface area contributed by atoms with Crippen LogP contribution in [-0.4, -0.2) is 37.5 Å². The van der Waals surface area contributed by atoms with Gasteiger partial charge in [-0.15, -0.1) is 11.3 Å². The molecule has 21 heavy (non-hydrogen) atoms. The second-order valence-electron chi connectivity index (χ2n) is 5.11. The predicted molar refractivity (Wildman–Crippen MR) is 89.3 cm³/mol. The largest absolute Gasteiger partial charge is 0.350 e. The van der Waals surface area contributed by atoms with Gasteiger partial charge in [0.15, 0.2) is 0 Å². The second-order valence-corrected chi connectivity index (χ2v) is 6.44. The zero-order valence-electron chi connectivity index (χ0n) is 12.2. The molecule has 0 saturated carbocycles. The van der Waals surface area contributed by atoms with Crippen molar-refractivity contribution >= 4 is 28.8 Å². The summed E-state index contributed by atoms with van der Waals surface area (Å²) in [6, 6.07) is 12.3. The first-order chi connectivity index (χ1) is 10.1. The highest BCUT2D eigenvalue weighted by molar-refractivity contribution is 7.12. The molecule has 0 aliphatic heterocycles. The molecule has 0 bridgehead atoms. The Morgan fingerprint density at radius 3 is 2.57 bits per heavy atom. The summed E-state index contributed by atoms with van der Waals surface area (Å²) in [6.07, 6.45) is 0.895. The van der Waals surface area contributed by atoms with E-state index in [9.17, 15) is 4.79 Å². The van der Waals surface area contributed by atoms with Crippen molar-refractivity contribution in [2.24, 2.45) is 0 Å². The minimum absolute atomic E-state index is 0.102. The molecule has 0 aliphatic carbocycles. The molecule has 0 aliphatic rings. The first-order valence-electron chi connectivity index (χ1n) is 6.79. The summed E-state index contributed by atoms with van der Waals surface area (Å²) in [5.74, 6) is -0.102. The Balaban J connectivity index is 1.95. The highest BCUT2D eigenvalue weighted by Crippen LogP contribution is 2.21. The van der Waals surface area contributed by atoms with Crippen LogP contribution in [-0.2, 0) is 6.42 Å². The lowest BCUT2D eigenvalue weighted by Crippen LogP contribution is -2.41. The van der Waals surface area contributed by atoms with Gasteiger partial charge in [0.1, 0.15) is 4.88 Å². The fourth-order valence-electron chi connectivity index (χ4n) is 2.07. The minimum Gasteiger partial charge on any atom is -0.350 e. The number of benzene rings is 1. The van der Waals surface area contributed by atoms with E-state index in [4.69, 9.17) is 11.6 Å². The van der Waals surface area contributed by atoms with Gasteiger partial charge in [-0.1, -0.05) is 41.9 Å². The van der Waals surface area contributed by atoms with E-state index in [2.05, 4.69) is 22.3 Å². The van der Waals surface area contributed by atoms with Crippen LogP contribution in [0.5, 0.6) is 0 Å². The molecule has 5 heteroatoms. The van der Waals surface area contributed by atoms with Crippen LogP contribution in [0.4, 0.5) is 0 Å². The normalized spacial score (nSPS) is 12.4. The van der Waals surface area contributed by atoms with E-state index in [0.29, 0.717) is 16.4 Å². The van der Waals surface area contributed by atoms with Crippen LogP contribution in [0.1, 0.15) is 15.2 Å². The number of thiophene rings is 1. The predicted octanol–water partition coefficient (Wildman–Crippen LogP) is 3.30. The quantitative estimate of drug-likeness (QED) is 0.885. The highest BCUT2D eigenvalue weighted by Gasteiger charge is 2.16. The third-order valence-electron chi connectivity index (χ3n) is 3.37. The summed E-state index contributed by atoms with van der Waals surface area (Å²) in [6.45, 7) is 0.592. The molecule has 112 valence electrons. The van der Waals surface area contributed by atoms with E-state index in [1.807, 2.05) is 37.7 Å². The lowest BCUT2D eigenvalue weighted by atomic mass is 10.1. The van der Waals surface area contributed by atoms with Crippen molar-refractivity contribution in [3.63, 3.8) is 0 Å². The summed E-state index contributed by atoms with van der Waals surface area (Å²) in [5, 5.41) is 5.31. The van der Waals surface area contributed by atoms with Crippen molar-refractivity contribution in [3.8, 4) is 0 Å². The molecule has 1 aromatic carbocycles. The van der Waals surface area contributed by atoms with Gasteiger partial charge in [0.25, 0.3) is 5.91 Å². The number of hydrogen-bond donors (Lipinski definition) is 1. The van der Waals surface area contributed by atoms with Gasteiger partial charge in [0.2, 0.25) is 0 Å². The average molecular weight is 323 g/mol. The van der Waals surface area contributed by atoms with Crippen molar-refractivity contribution in [1.29, 1.82) is 0 Å². The smallest absolute Gasteiger partial charge is 0.262 e. The zero-order valence-corrected chi connectivity index (χ0v) is 13.7. The summed E-state index contributed by atoms with van der Waals surface area (Å²) in [4.78, 5) is 14.8. The first-order valence-corrected chi connectivity index (χ1v) is 8.05. The Bertz CT molecular complexity index is 583. The summed E-state index contributed by atoms with van der Waals surface area (Å²) >= 11 is 7.35. The number of nitrogens with one attached hydrogen (secondary N) is 1. The molecule has 0 saturated heterocycles. The Morgan fingerprint density at radius 1 is 1.29 bits per heavy atom. The number of hydrogen-bond acceptors (Lipinski definition) is 3. The van der Waals surface area contributed by atoms with Crippen molar-refractivity contribution in [3.05, 3.63) is 57.2 Å². The van der Waals surface area contributed by atoms with Crippen molar-refractivity contribution in [2.75, 3.05) is 20.6 Å². The number of nitrogens with zero attached hydrogens (tertiary/aromatic N) is 1. The Labute approximate surface area is 134 Å². The fourth-order valence-corrected chi connectivity index (χ4v) is 3.13. The third-order valence-corrected chi connectivity index (χ3v) is 4.71. The summed E-state index contributed by atoms with van der Waals surface area (Å²) < 4.78 is 0. The molecular weight excluding hydrogens is 304 g/mol. The highest BCUT2D eigenvalue weighted by atomic mass is 35.5. The minimum atomic E-state index is -0.102. The van der Waals surface area contributed by atoms with E-state index in [1.54, 1.807) is 6.07 Å². The Morgan fingerprint density at radius 2 is 2.00 bits per heavy atom. The number of carbonyl (C=O) groups is 1. The lowest BCUT2D eigenvalue weighted by molar-refractivity contribution is 0.0946. The van der Waals surface area contributed by atoms with Gasteiger partial charge >= 0.3 is 0 Å². The van der Waals surface area contributed by atoms with Crippen LogP contribution in [0.3, 0.4) is 0 Å². The third kappa shape index (κ3) is 4.56. The van der Waals surface area contributed by atoms with E-state index in [1.165, 1.54) is 16.9 Å². The van der Waals surface area contributed by atoms with E-state index in [0.717, 1.165) is 6.42 Å². The maximum absolute atomic E-state index is 12.1. The van der Waals surface area contributed by atoms with Crippen LogP contribution in [0.25, 0.3) is 0 Å². The van der Waals surface area contributed by atoms with Gasteiger partial charge in [-0.05, 0) is 37.5 Å². The molecule has 0 fully saturated rings. The topological polar surface area (TPSA) is 32.3 Å². The van der Waals surface area contributed by atoms with E-state index < -0.39 is 0 Å².